The number of H-pyrrole nitrogens is 1. The highest BCUT2D eigenvalue weighted by Gasteiger charge is 2.33. The molecule has 102 valence electrons. The summed E-state index contributed by atoms with van der Waals surface area (Å²) < 4.78 is 7.54. The summed E-state index contributed by atoms with van der Waals surface area (Å²) in [5.41, 5.74) is 0.335. The van der Waals surface area contributed by atoms with Crippen molar-refractivity contribution < 1.29 is 9.45 Å². The third kappa shape index (κ3) is 3.22. The summed E-state index contributed by atoms with van der Waals surface area (Å²) in [6.07, 6.45) is 0. The van der Waals surface area contributed by atoms with Crippen molar-refractivity contribution >= 4 is 19.8 Å². The van der Waals surface area contributed by atoms with Crippen LogP contribution in [0.25, 0.3) is 0 Å². The molecule has 1 heterocycles. The van der Waals surface area contributed by atoms with Crippen LogP contribution in [0.1, 0.15) is 27.7 Å². The van der Waals surface area contributed by atoms with Gasteiger partial charge in [0.05, 0.1) is 0 Å². The maximum atomic E-state index is 10.6. The number of rotatable bonds is 6. The van der Waals surface area contributed by atoms with Crippen LogP contribution < -0.4 is 5.57 Å². The second kappa shape index (κ2) is 6.17. The van der Waals surface area contributed by atoms with Gasteiger partial charge in [-0.15, -0.1) is 5.10 Å². The molecule has 0 aromatic carbocycles. The van der Waals surface area contributed by atoms with Crippen molar-refractivity contribution in [1.82, 2.24) is 19.9 Å². The monoisotopic (exact) mass is 275 g/mol. The van der Waals surface area contributed by atoms with Gasteiger partial charge < -0.3 is 14.6 Å². The maximum absolute atomic E-state index is 10.6. The van der Waals surface area contributed by atoms with Crippen LogP contribution in [-0.4, -0.2) is 44.0 Å². The number of hydrogen-bond donors (Lipinski definition) is 1. The van der Waals surface area contributed by atoms with Crippen molar-refractivity contribution in [3.63, 3.8) is 0 Å². The lowest BCUT2D eigenvalue weighted by atomic mass is 10.3. The third-order valence-electron chi connectivity index (χ3n) is 2.25. The van der Waals surface area contributed by atoms with Gasteiger partial charge in [0.25, 0.3) is 0 Å². The fourth-order valence-electron chi connectivity index (χ4n) is 1.71. The maximum Gasteiger partial charge on any atom is 0.453 e. The molecule has 18 heavy (non-hydrogen) atoms. The Morgan fingerprint density at radius 3 is 2.28 bits per heavy atom. The normalized spacial score (nSPS) is 13.6. The number of aromatic nitrogens is 3. The first-order valence-corrected chi connectivity index (χ1v) is 6.79. The van der Waals surface area contributed by atoms with Crippen molar-refractivity contribution in [2.24, 2.45) is 0 Å². The molecule has 1 rings (SSSR count). The van der Waals surface area contributed by atoms with Gasteiger partial charge in [0.1, 0.15) is 0 Å². The molecule has 0 saturated heterocycles. The summed E-state index contributed by atoms with van der Waals surface area (Å²) in [7, 11) is 0.337. The lowest BCUT2D eigenvalue weighted by Crippen LogP contribution is -2.36. The quantitative estimate of drug-likeness (QED) is 0.479. The Morgan fingerprint density at radius 1 is 1.39 bits per heavy atom. The average molecular weight is 275 g/mol. The Hall–Kier alpha value is -1.11. The molecule has 0 aliphatic heterocycles. The van der Waals surface area contributed by atoms with Crippen molar-refractivity contribution in [2.75, 3.05) is 7.11 Å². The van der Waals surface area contributed by atoms with Crippen molar-refractivity contribution in [3.8, 4) is 0 Å². The number of nitro groups is 1. The first-order valence-electron chi connectivity index (χ1n) is 5.57. The lowest BCUT2D eigenvalue weighted by Gasteiger charge is -2.33. The van der Waals surface area contributed by atoms with Crippen LogP contribution in [0, 0.1) is 10.1 Å². The van der Waals surface area contributed by atoms with E-state index in [-0.39, 0.29) is 18.0 Å². The van der Waals surface area contributed by atoms with Crippen LogP contribution in [0.2, 0.25) is 0 Å². The Kier molecular flexibility index (Phi) is 5.13. The Bertz CT molecular complexity index is 401. The Labute approximate surface area is 107 Å². The highest BCUT2D eigenvalue weighted by Crippen LogP contribution is 2.41. The van der Waals surface area contributed by atoms with Crippen LogP contribution in [0.3, 0.4) is 0 Å². The van der Waals surface area contributed by atoms with E-state index in [1.165, 1.54) is 0 Å². The molecular formula is C9H18N5O3P. The molecule has 0 aliphatic carbocycles. The van der Waals surface area contributed by atoms with Crippen LogP contribution in [0.5, 0.6) is 0 Å². The third-order valence-corrected chi connectivity index (χ3v) is 4.48. The summed E-state index contributed by atoms with van der Waals surface area (Å²) in [4.78, 5) is 13.8. The van der Waals surface area contributed by atoms with Gasteiger partial charge in [0.15, 0.2) is 0 Å². The highest BCUT2D eigenvalue weighted by molar-refractivity contribution is 7.57. The van der Waals surface area contributed by atoms with Crippen LogP contribution in [0.4, 0.5) is 5.95 Å². The molecule has 0 aliphatic rings. The minimum absolute atomic E-state index is 0.230. The van der Waals surface area contributed by atoms with E-state index in [2.05, 4.69) is 19.9 Å². The second-order valence-electron chi connectivity index (χ2n) is 4.24. The van der Waals surface area contributed by atoms with E-state index in [0.717, 1.165) is 0 Å². The molecule has 1 aromatic heterocycles. The number of nitrogens with one attached hydrogen (secondary N) is 1. The van der Waals surface area contributed by atoms with Gasteiger partial charge in [-0.05, 0) is 37.6 Å². The molecule has 8 nitrogen and oxygen atoms in total. The predicted octanol–water partition coefficient (Wildman–Crippen LogP) is 1.42. The average Bonchev–Trinajstić information content (AvgIpc) is 2.73. The first-order chi connectivity index (χ1) is 8.38. The number of aromatic amines is 1. The number of hydrogen-bond acceptors (Lipinski definition) is 6. The van der Waals surface area contributed by atoms with E-state index in [1.807, 2.05) is 27.7 Å². The predicted molar refractivity (Wildman–Crippen MR) is 68.7 cm³/mol. The summed E-state index contributed by atoms with van der Waals surface area (Å²) in [6, 6.07) is 0.460. The lowest BCUT2D eigenvalue weighted by molar-refractivity contribution is -0.394. The minimum atomic E-state index is -1.22. The van der Waals surface area contributed by atoms with Crippen LogP contribution in [0.15, 0.2) is 0 Å². The zero-order chi connectivity index (χ0) is 13.9. The zero-order valence-corrected chi connectivity index (χ0v) is 12.0. The van der Waals surface area contributed by atoms with Gasteiger partial charge in [0.2, 0.25) is 8.30 Å². The van der Waals surface area contributed by atoms with E-state index in [4.69, 9.17) is 4.52 Å². The summed E-state index contributed by atoms with van der Waals surface area (Å²) in [5, 5.41) is 16.8. The molecule has 1 unspecified atom stereocenters. The smallest absolute Gasteiger partial charge is 0.390 e. The molecule has 1 N–H and O–H groups in total. The molecule has 0 spiro atoms. The SMILES string of the molecule is COP(c1n[nH]c([N+](=O)[O-])n1)N(C(C)C)C(C)C. The largest absolute Gasteiger partial charge is 0.453 e. The van der Waals surface area contributed by atoms with Crippen LogP contribution >= 0.6 is 8.30 Å². The molecule has 0 amide bonds. The molecule has 9 heteroatoms. The molecule has 1 atom stereocenters. The van der Waals surface area contributed by atoms with Gasteiger partial charge >= 0.3 is 11.5 Å². The second-order valence-corrected chi connectivity index (χ2v) is 6.01. The van der Waals surface area contributed by atoms with Crippen molar-refractivity contribution in [3.05, 3.63) is 10.1 Å². The van der Waals surface area contributed by atoms with E-state index >= 15 is 0 Å². The van der Waals surface area contributed by atoms with Gasteiger partial charge in [-0.2, -0.15) is 0 Å². The molecule has 1 aromatic rings. The fraction of sp³-hybridized carbons (Fsp3) is 0.778. The molecule has 0 fully saturated rings. The zero-order valence-electron chi connectivity index (χ0n) is 11.1. The van der Waals surface area contributed by atoms with E-state index in [9.17, 15) is 10.1 Å². The summed E-state index contributed by atoms with van der Waals surface area (Å²) >= 11 is 0. The summed E-state index contributed by atoms with van der Waals surface area (Å²) in [5.74, 6) is -0.359. The van der Waals surface area contributed by atoms with Gasteiger partial charge in [-0.25, -0.2) is 4.67 Å². The molecular weight excluding hydrogens is 257 g/mol. The molecule has 0 bridgehead atoms. The Balaban J connectivity index is 3.03. The topological polar surface area (TPSA) is 97.2 Å². The van der Waals surface area contributed by atoms with Gasteiger partial charge in [0, 0.05) is 19.2 Å². The summed E-state index contributed by atoms with van der Waals surface area (Å²) in [6.45, 7) is 8.15. The van der Waals surface area contributed by atoms with Crippen molar-refractivity contribution in [1.29, 1.82) is 0 Å². The minimum Gasteiger partial charge on any atom is -0.390 e. The number of nitrogens with zero attached hydrogens (tertiary/aromatic N) is 4. The van der Waals surface area contributed by atoms with E-state index in [1.54, 1.807) is 7.11 Å². The van der Waals surface area contributed by atoms with Crippen molar-refractivity contribution in [2.45, 2.75) is 39.8 Å². The highest BCUT2D eigenvalue weighted by atomic mass is 31.2. The first kappa shape index (κ1) is 14.9. The van der Waals surface area contributed by atoms with Gasteiger partial charge in [-0.1, -0.05) is 5.10 Å². The molecule has 0 radical (unpaired) electrons. The fourth-order valence-corrected chi connectivity index (χ4v) is 3.42. The molecule has 0 saturated carbocycles. The van der Waals surface area contributed by atoms with E-state index < -0.39 is 13.2 Å². The van der Waals surface area contributed by atoms with Crippen LogP contribution in [-0.2, 0) is 4.52 Å². The van der Waals surface area contributed by atoms with Gasteiger partial charge in [-0.3, -0.25) is 0 Å². The van der Waals surface area contributed by atoms with E-state index in [0.29, 0.717) is 5.57 Å². The Morgan fingerprint density at radius 2 is 1.94 bits per heavy atom. The standard InChI is InChI=1S/C9H18N5O3P/c1-6(2)13(7(3)4)18(17-5)9-10-8(11-12-9)14(15)16/h6-7H,1-5H3,(H,10,11,12).